The Bertz CT molecular complexity index is 686. The predicted octanol–water partition coefficient (Wildman–Crippen LogP) is 4.15. The van der Waals surface area contributed by atoms with Crippen LogP contribution >= 0.6 is 27.3 Å². The number of rotatable bonds is 6. The number of fused-ring (bicyclic) bond motifs is 1. The molecule has 22 heavy (non-hydrogen) atoms. The minimum absolute atomic E-state index is 0.0745. The van der Waals surface area contributed by atoms with Gasteiger partial charge >= 0.3 is 0 Å². The van der Waals surface area contributed by atoms with E-state index in [0.717, 1.165) is 35.2 Å². The molecule has 5 nitrogen and oxygen atoms in total. The van der Waals surface area contributed by atoms with Gasteiger partial charge in [0.1, 0.15) is 0 Å². The number of hydrogen-bond donors (Lipinski definition) is 2. The lowest BCUT2D eigenvalue weighted by Crippen LogP contribution is -2.22. The maximum atomic E-state index is 12.1. The van der Waals surface area contributed by atoms with Crippen LogP contribution in [0.15, 0.2) is 18.2 Å². The van der Waals surface area contributed by atoms with E-state index in [1.54, 1.807) is 6.07 Å². The van der Waals surface area contributed by atoms with E-state index < -0.39 is 0 Å². The van der Waals surface area contributed by atoms with Gasteiger partial charge in [-0.15, -0.1) is 0 Å². The summed E-state index contributed by atoms with van der Waals surface area (Å²) in [5, 5.41) is 6.14. The molecule has 0 saturated heterocycles. The summed E-state index contributed by atoms with van der Waals surface area (Å²) in [6.07, 6.45) is 2.87. The molecule has 0 bridgehead atoms. The molecule has 0 aliphatic heterocycles. The maximum Gasteiger partial charge on any atom is 0.239 e. The van der Waals surface area contributed by atoms with Gasteiger partial charge in [0.05, 0.1) is 15.0 Å². The quantitative estimate of drug-likeness (QED) is 0.735. The number of anilines is 2. The first-order chi connectivity index (χ1) is 10.5. The van der Waals surface area contributed by atoms with Gasteiger partial charge in [0, 0.05) is 12.6 Å². The lowest BCUT2D eigenvalue weighted by atomic mass is 10.2. The van der Waals surface area contributed by atoms with E-state index in [-0.39, 0.29) is 16.6 Å². The summed E-state index contributed by atoms with van der Waals surface area (Å²) in [5.74, 6) is -0.190. The van der Waals surface area contributed by atoms with Crippen LogP contribution in [0.4, 0.5) is 10.8 Å². The number of nitrogens with one attached hydrogen (secondary N) is 2. The Morgan fingerprint density at radius 3 is 2.82 bits per heavy atom. The second-order valence-electron chi connectivity index (χ2n) is 4.98. The monoisotopic (exact) mass is 383 g/mol. The molecule has 2 N–H and O–H groups in total. The first-order valence-electron chi connectivity index (χ1n) is 7.12. The van der Waals surface area contributed by atoms with E-state index in [1.165, 1.54) is 18.3 Å². The smallest absolute Gasteiger partial charge is 0.239 e. The third-order valence-corrected chi connectivity index (χ3v) is 4.84. The van der Waals surface area contributed by atoms with Crippen molar-refractivity contribution in [3.8, 4) is 0 Å². The van der Waals surface area contributed by atoms with E-state index >= 15 is 0 Å². The van der Waals surface area contributed by atoms with E-state index in [9.17, 15) is 9.59 Å². The molecule has 0 radical (unpaired) electrons. The number of amides is 2. The molecule has 1 heterocycles. The van der Waals surface area contributed by atoms with Crippen molar-refractivity contribution in [2.24, 2.45) is 0 Å². The minimum Gasteiger partial charge on any atom is -0.326 e. The lowest BCUT2D eigenvalue weighted by molar-refractivity contribution is -0.116. The van der Waals surface area contributed by atoms with Gasteiger partial charge in [0.2, 0.25) is 11.8 Å². The van der Waals surface area contributed by atoms with Gasteiger partial charge in [-0.2, -0.15) is 0 Å². The van der Waals surface area contributed by atoms with Crippen molar-refractivity contribution in [1.82, 2.24) is 4.98 Å². The third-order valence-electron chi connectivity index (χ3n) is 3.03. The summed E-state index contributed by atoms with van der Waals surface area (Å²) in [7, 11) is 0. The van der Waals surface area contributed by atoms with E-state index in [1.807, 2.05) is 12.1 Å². The molecule has 2 rings (SSSR count). The van der Waals surface area contributed by atoms with Gasteiger partial charge in [-0.3, -0.25) is 9.59 Å². The zero-order valence-electron chi connectivity index (χ0n) is 12.5. The molecule has 0 saturated carbocycles. The van der Waals surface area contributed by atoms with Crippen molar-refractivity contribution < 1.29 is 9.59 Å². The van der Waals surface area contributed by atoms with Gasteiger partial charge < -0.3 is 10.6 Å². The van der Waals surface area contributed by atoms with Crippen LogP contribution in [-0.2, 0) is 9.59 Å². The number of aromatic nitrogens is 1. The molecule has 0 aliphatic rings. The summed E-state index contributed by atoms with van der Waals surface area (Å²) < 4.78 is 0.918. The molecule has 1 atom stereocenters. The number of carbonyl (C=O) groups excluding carboxylic acids is 2. The number of alkyl halides is 1. The zero-order valence-corrected chi connectivity index (χ0v) is 14.9. The zero-order chi connectivity index (χ0) is 16.1. The Morgan fingerprint density at radius 2 is 2.14 bits per heavy atom. The van der Waals surface area contributed by atoms with Crippen LogP contribution in [0, 0.1) is 0 Å². The van der Waals surface area contributed by atoms with Crippen LogP contribution in [0.3, 0.4) is 0 Å². The average molecular weight is 384 g/mol. The highest BCUT2D eigenvalue weighted by atomic mass is 79.9. The minimum atomic E-state index is -0.200. The third kappa shape index (κ3) is 4.51. The second kappa shape index (κ2) is 7.69. The first-order valence-corrected chi connectivity index (χ1v) is 8.86. The second-order valence-corrected chi connectivity index (χ2v) is 7.12. The molecule has 0 spiro atoms. The molecule has 118 valence electrons. The summed E-state index contributed by atoms with van der Waals surface area (Å²) in [5.41, 5.74) is 1.52. The van der Waals surface area contributed by atoms with Gasteiger partial charge in [0.15, 0.2) is 5.13 Å². The molecule has 1 aromatic carbocycles. The van der Waals surface area contributed by atoms with Gasteiger partial charge in [-0.1, -0.05) is 47.0 Å². The Morgan fingerprint density at radius 1 is 1.36 bits per heavy atom. The number of nitrogens with zero attached hydrogens (tertiary/aromatic N) is 1. The van der Waals surface area contributed by atoms with Crippen LogP contribution in [0.1, 0.15) is 33.1 Å². The lowest BCUT2D eigenvalue weighted by Gasteiger charge is -2.07. The van der Waals surface area contributed by atoms with Crippen LogP contribution in [0.5, 0.6) is 0 Å². The van der Waals surface area contributed by atoms with Crippen molar-refractivity contribution in [2.45, 2.75) is 37.9 Å². The van der Waals surface area contributed by atoms with Crippen LogP contribution < -0.4 is 10.6 Å². The van der Waals surface area contributed by atoms with Crippen LogP contribution in [-0.4, -0.2) is 21.6 Å². The largest absolute Gasteiger partial charge is 0.326 e. The molecule has 0 fully saturated rings. The van der Waals surface area contributed by atoms with Crippen molar-refractivity contribution >= 4 is 60.1 Å². The van der Waals surface area contributed by atoms with Crippen molar-refractivity contribution in [2.75, 3.05) is 10.6 Å². The number of hydrogen-bond acceptors (Lipinski definition) is 4. The molecule has 0 unspecified atom stereocenters. The number of halogens is 1. The van der Waals surface area contributed by atoms with E-state index in [2.05, 4.69) is 38.5 Å². The first kappa shape index (κ1) is 16.9. The van der Waals surface area contributed by atoms with E-state index in [0.29, 0.717) is 5.13 Å². The normalized spacial score (nSPS) is 12.1. The maximum absolute atomic E-state index is 12.1. The molecular weight excluding hydrogens is 366 g/mol. The van der Waals surface area contributed by atoms with Gasteiger partial charge in [0.25, 0.3) is 0 Å². The number of thiazole rings is 1. The Kier molecular flexibility index (Phi) is 5.90. The SMILES string of the molecule is CCCC[C@@H](Br)C(=O)Nc1nc2ccc(NC(C)=O)cc2s1. The molecule has 0 aliphatic carbocycles. The molecule has 2 amide bonds. The molecule has 2 aromatic rings. The Balaban J connectivity index is 2.09. The Labute approximate surface area is 141 Å². The summed E-state index contributed by atoms with van der Waals surface area (Å²) in [6, 6.07) is 5.48. The Hall–Kier alpha value is -1.47. The highest BCUT2D eigenvalue weighted by Gasteiger charge is 2.16. The summed E-state index contributed by atoms with van der Waals surface area (Å²) in [4.78, 5) is 27.3. The highest BCUT2D eigenvalue weighted by molar-refractivity contribution is 9.10. The predicted molar refractivity (Wildman–Crippen MR) is 94.8 cm³/mol. The number of unbranched alkanes of at least 4 members (excludes halogenated alkanes) is 1. The summed E-state index contributed by atoms with van der Waals surface area (Å²) in [6.45, 7) is 3.56. The van der Waals surface area contributed by atoms with Crippen molar-refractivity contribution in [1.29, 1.82) is 0 Å². The highest BCUT2D eigenvalue weighted by Crippen LogP contribution is 2.29. The molecule has 7 heteroatoms. The fraction of sp³-hybridized carbons (Fsp3) is 0.400. The fourth-order valence-corrected chi connectivity index (χ4v) is 3.30. The van der Waals surface area contributed by atoms with Crippen molar-refractivity contribution in [3.63, 3.8) is 0 Å². The number of carbonyl (C=O) groups is 2. The summed E-state index contributed by atoms with van der Waals surface area (Å²) >= 11 is 4.79. The standard InChI is InChI=1S/C15H18BrN3O2S/c1-3-4-5-11(16)14(21)19-15-18-12-7-6-10(17-9(2)20)8-13(12)22-15/h6-8,11H,3-5H2,1-2H3,(H,17,20)(H,18,19,21)/t11-/m1/s1. The average Bonchev–Trinajstić information content (AvgIpc) is 2.85. The van der Waals surface area contributed by atoms with Gasteiger partial charge in [-0.05, 0) is 24.6 Å². The van der Waals surface area contributed by atoms with Gasteiger partial charge in [-0.25, -0.2) is 4.98 Å². The number of benzene rings is 1. The van der Waals surface area contributed by atoms with Crippen LogP contribution in [0.25, 0.3) is 10.2 Å². The molecular formula is C15H18BrN3O2S. The van der Waals surface area contributed by atoms with Crippen molar-refractivity contribution in [3.05, 3.63) is 18.2 Å². The molecule has 1 aromatic heterocycles. The van der Waals surface area contributed by atoms with Crippen LogP contribution in [0.2, 0.25) is 0 Å². The topological polar surface area (TPSA) is 71.1 Å². The fourth-order valence-electron chi connectivity index (χ4n) is 1.96. The van der Waals surface area contributed by atoms with E-state index in [4.69, 9.17) is 0 Å².